The minimum atomic E-state index is -1.04. The number of H-pyrrole nitrogens is 1. The number of carbonyl (C=O) groups is 3. The summed E-state index contributed by atoms with van der Waals surface area (Å²) in [5, 5.41) is 8.30. The van der Waals surface area contributed by atoms with Gasteiger partial charge in [0.25, 0.3) is 0 Å². The van der Waals surface area contributed by atoms with E-state index in [2.05, 4.69) is 25.9 Å². The number of ether oxygens (including phenoxy) is 1. The van der Waals surface area contributed by atoms with Gasteiger partial charge >= 0.3 is 14.8 Å². The van der Waals surface area contributed by atoms with Crippen molar-refractivity contribution in [2.24, 2.45) is 5.92 Å². The Morgan fingerprint density at radius 1 is 0.860 bits per heavy atom. The quantitative estimate of drug-likeness (QED) is 0.148. The summed E-state index contributed by atoms with van der Waals surface area (Å²) in [6.07, 6.45) is 7.86. The largest absolute Gasteiger partial charge is 0.496 e. The summed E-state index contributed by atoms with van der Waals surface area (Å²) in [6, 6.07) is 16.4. The molecule has 2 aromatic carbocycles. The number of aromatic amines is 1. The summed E-state index contributed by atoms with van der Waals surface area (Å²) in [5.41, 5.74) is 2.25. The van der Waals surface area contributed by atoms with Crippen LogP contribution >= 0.6 is 8.69 Å². The van der Waals surface area contributed by atoms with Crippen LogP contribution in [0.25, 0.3) is 0 Å². The van der Waals surface area contributed by atoms with E-state index in [4.69, 9.17) is 9.26 Å². The van der Waals surface area contributed by atoms with Crippen LogP contribution in [-0.4, -0.2) is 46.2 Å². The van der Waals surface area contributed by atoms with Crippen molar-refractivity contribution in [1.82, 2.24) is 25.9 Å². The van der Waals surface area contributed by atoms with Gasteiger partial charge in [-0.25, -0.2) is 9.78 Å². The van der Waals surface area contributed by atoms with Crippen molar-refractivity contribution in [3.63, 3.8) is 0 Å². The molecule has 11 nitrogen and oxygen atoms in total. The summed E-state index contributed by atoms with van der Waals surface area (Å²) in [7, 11) is -1.04. The summed E-state index contributed by atoms with van der Waals surface area (Å²) in [6.45, 7) is 0.0416. The van der Waals surface area contributed by atoms with Gasteiger partial charge in [0.15, 0.2) is 6.23 Å². The van der Waals surface area contributed by atoms with Gasteiger partial charge < -0.3 is 25.7 Å². The molecule has 228 valence electrons. The molecule has 3 aromatic rings. The molecule has 0 saturated heterocycles. The van der Waals surface area contributed by atoms with Gasteiger partial charge in [0.1, 0.15) is 18.7 Å². The number of nitrogens with one attached hydrogen (secondary N) is 4. The van der Waals surface area contributed by atoms with Crippen molar-refractivity contribution >= 4 is 26.6 Å². The Morgan fingerprint density at radius 2 is 1.51 bits per heavy atom. The number of nitrogens with zero attached hydrogens (tertiary/aromatic N) is 1. The van der Waals surface area contributed by atoms with Crippen LogP contribution < -0.4 is 16.0 Å². The standard InChI is InChI=1S/C31H38N5O6P/c37-29(26(16-22-10-4-1-5-11-22)35-31(39)41-20-24-14-8-3-9-15-24)34-27(18-25-19-32-21-33-25)30(38)36-28(42-43-40)17-23-12-6-2-7-13-23/h1,3-5,8-11,14-15,19,21,23,26-28,43H,2,6-7,12-13,16-18,20H2,(H3-,32,33,34,35,36,37,38,39)/p+1/t26-,27-,28?/m0/s1. The number of amides is 3. The van der Waals surface area contributed by atoms with E-state index in [0.717, 1.165) is 36.8 Å². The minimum Gasteiger partial charge on any atom is -0.445 e. The molecule has 3 amide bonds. The summed E-state index contributed by atoms with van der Waals surface area (Å²) >= 11 is 0. The van der Waals surface area contributed by atoms with Crippen molar-refractivity contribution in [2.75, 3.05) is 0 Å². The highest BCUT2D eigenvalue weighted by Crippen LogP contribution is 2.28. The topological polar surface area (TPSA) is 152 Å². The Morgan fingerprint density at radius 3 is 2.16 bits per heavy atom. The maximum absolute atomic E-state index is 13.7. The summed E-state index contributed by atoms with van der Waals surface area (Å²) in [5.74, 6) is -0.694. The monoisotopic (exact) mass is 608 g/mol. The molecule has 0 bridgehead atoms. The van der Waals surface area contributed by atoms with Gasteiger partial charge in [-0.2, -0.15) is 0 Å². The van der Waals surface area contributed by atoms with Gasteiger partial charge in [-0.3, -0.25) is 9.59 Å². The zero-order chi connectivity index (χ0) is 30.3. The molecule has 1 fully saturated rings. The lowest BCUT2D eigenvalue weighted by Crippen LogP contribution is -2.56. The van der Waals surface area contributed by atoms with Crippen molar-refractivity contribution < 1.29 is 28.2 Å². The third-order valence-corrected chi connectivity index (χ3v) is 7.86. The minimum absolute atomic E-state index is 0.0416. The fourth-order valence-corrected chi connectivity index (χ4v) is 5.51. The lowest BCUT2D eigenvalue weighted by Gasteiger charge is -2.26. The van der Waals surface area contributed by atoms with E-state index in [-0.39, 0.29) is 19.4 Å². The first kappa shape index (κ1) is 31.8. The molecular weight excluding hydrogens is 569 g/mol. The molecule has 0 spiro atoms. The molecule has 12 heteroatoms. The van der Waals surface area contributed by atoms with Crippen LogP contribution in [0.5, 0.6) is 0 Å². The first-order chi connectivity index (χ1) is 21.0. The van der Waals surface area contributed by atoms with Gasteiger partial charge in [0.05, 0.1) is 6.33 Å². The van der Waals surface area contributed by atoms with Gasteiger partial charge in [0.2, 0.25) is 11.8 Å². The summed E-state index contributed by atoms with van der Waals surface area (Å²) < 4.78 is 22.1. The first-order valence-electron chi connectivity index (χ1n) is 14.6. The third kappa shape index (κ3) is 10.9. The number of carbonyl (C=O) groups excluding carboxylic acids is 3. The highest BCUT2D eigenvalue weighted by molar-refractivity contribution is 7.17. The normalized spacial score (nSPS) is 15.6. The predicted molar refractivity (Wildman–Crippen MR) is 161 cm³/mol. The number of alkyl carbamates (subject to hydrolysis) is 1. The molecule has 43 heavy (non-hydrogen) atoms. The lowest BCUT2D eigenvalue weighted by atomic mass is 9.86. The number of rotatable bonds is 15. The smallest absolute Gasteiger partial charge is 0.445 e. The highest BCUT2D eigenvalue weighted by atomic mass is 31.1. The average Bonchev–Trinajstić information content (AvgIpc) is 3.54. The van der Waals surface area contributed by atoms with Crippen LogP contribution in [0.15, 0.2) is 73.2 Å². The van der Waals surface area contributed by atoms with Crippen molar-refractivity contribution in [3.05, 3.63) is 90.0 Å². The molecule has 2 unspecified atom stereocenters. The summed E-state index contributed by atoms with van der Waals surface area (Å²) in [4.78, 5) is 46.9. The number of benzene rings is 2. The molecule has 4 atom stereocenters. The molecule has 0 aliphatic heterocycles. The average molecular weight is 609 g/mol. The maximum Gasteiger partial charge on any atom is 0.496 e. The third-order valence-electron chi connectivity index (χ3n) is 7.48. The van der Waals surface area contributed by atoms with E-state index in [0.29, 0.717) is 18.0 Å². The molecule has 1 aromatic heterocycles. The molecule has 1 saturated carbocycles. The van der Waals surface area contributed by atoms with E-state index in [1.807, 2.05) is 60.7 Å². The number of aromatic nitrogens is 2. The van der Waals surface area contributed by atoms with E-state index in [9.17, 15) is 18.9 Å². The van der Waals surface area contributed by atoms with E-state index < -0.39 is 44.9 Å². The predicted octanol–water partition coefficient (Wildman–Crippen LogP) is 4.34. The highest BCUT2D eigenvalue weighted by Gasteiger charge is 2.31. The van der Waals surface area contributed by atoms with E-state index in [1.165, 1.54) is 12.7 Å². The van der Waals surface area contributed by atoms with Crippen LogP contribution in [0, 0.1) is 5.92 Å². The molecule has 1 aliphatic carbocycles. The molecule has 1 heterocycles. The van der Waals surface area contributed by atoms with Crippen molar-refractivity contribution in [1.29, 1.82) is 0 Å². The SMILES string of the molecule is O=[PH+]OC(CC1CCCCC1)NC(=O)[C@H](Cc1cnc[nH]1)NC(=O)[C@H](Cc1ccccc1)NC(=O)OCc1ccccc1. The zero-order valence-corrected chi connectivity index (χ0v) is 25.0. The second-order valence-electron chi connectivity index (χ2n) is 10.7. The maximum atomic E-state index is 13.7. The second kappa shape index (κ2) is 17.1. The molecule has 0 radical (unpaired) electrons. The molecule has 4 N–H and O–H groups in total. The van der Waals surface area contributed by atoms with Gasteiger partial charge in [-0.1, -0.05) is 92.8 Å². The Bertz CT molecular complexity index is 1290. The zero-order valence-electron chi connectivity index (χ0n) is 24.0. The lowest BCUT2D eigenvalue weighted by molar-refractivity contribution is -0.131. The number of imidazole rings is 1. The Hall–Kier alpha value is -4.08. The molecule has 4 rings (SSSR count). The van der Waals surface area contributed by atoms with E-state index >= 15 is 0 Å². The Labute approximate surface area is 252 Å². The fourth-order valence-electron chi connectivity index (χ4n) is 5.24. The first-order valence-corrected chi connectivity index (χ1v) is 15.4. The number of hydrogen-bond acceptors (Lipinski definition) is 7. The van der Waals surface area contributed by atoms with Gasteiger partial charge in [0, 0.05) is 24.7 Å². The second-order valence-corrected chi connectivity index (χ2v) is 11.1. The molecule has 1 aliphatic rings. The van der Waals surface area contributed by atoms with Gasteiger partial charge in [-0.05, 0) is 28.0 Å². The molecular formula is C31H39N5O6P+. The Balaban J connectivity index is 1.46. The van der Waals surface area contributed by atoms with Crippen LogP contribution in [0.4, 0.5) is 4.79 Å². The van der Waals surface area contributed by atoms with Crippen LogP contribution in [-0.2, 0) is 42.9 Å². The number of hydrogen-bond donors (Lipinski definition) is 4. The van der Waals surface area contributed by atoms with Crippen molar-refractivity contribution in [2.45, 2.75) is 76.3 Å². The van der Waals surface area contributed by atoms with Crippen LogP contribution in [0.1, 0.15) is 55.3 Å². The van der Waals surface area contributed by atoms with E-state index in [1.54, 1.807) is 6.20 Å². The van der Waals surface area contributed by atoms with Crippen molar-refractivity contribution in [3.8, 4) is 0 Å². The van der Waals surface area contributed by atoms with Crippen LogP contribution in [0.2, 0.25) is 0 Å². The Kier molecular flexibility index (Phi) is 12.7. The van der Waals surface area contributed by atoms with Crippen LogP contribution in [0.3, 0.4) is 0 Å². The van der Waals surface area contributed by atoms with Gasteiger partial charge in [-0.15, -0.1) is 4.52 Å². The fraction of sp³-hybridized carbons (Fsp3) is 0.419.